The lowest BCUT2D eigenvalue weighted by molar-refractivity contribution is 0.0592. The summed E-state index contributed by atoms with van der Waals surface area (Å²) >= 11 is 0. The number of ether oxygens (including phenoxy) is 1. The average Bonchev–Trinajstić information content (AvgIpc) is 3.04. The Morgan fingerprint density at radius 2 is 2.33 bits per heavy atom. The molecule has 6 heteroatoms. The first-order valence-corrected chi connectivity index (χ1v) is 7.65. The van der Waals surface area contributed by atoms with Crippen LogP contribution in [0.25, 0.3) is 0 Å². The van der Waals surface area contributed by atoms with Crippen LogP contribution in [0.15, 0.2) is 12.1 Å². The number of methoxy groups -OCH3 is 1. The van der Waals surface area contributed by atoms with Crippen molar-refractivity contribution >= 4 is 11.8 Å². The standard InChI is InChI=1S/C15H24N4O2/c1-3-4-10-19(11-12-6-5-9-16-12)14-8-7-13(17-18-14)15(20)21-2/h7-8,12,16H,3-6,9-11H2,1-2H3. The smallest absolute Gasteiger partial charge is 0.358 e. The molecule has 1 aromatic heterocycles. The lowest BCUT2D eigenvalue weighted by atomic mass is 10.2. The zero-order valence-electron chi connectivity index (χ0n) is 12.8. The van der Waals surface area contributed by atoms with Gasteiger partial charge in [-0.1, -0.05) is 13.3 Å². The zero-order chi connectivity index (χ0) is 15.1. The first-order chi connectivity index (χ1) is 10.2. The van der Waals surface area contributed by atoms with Crippen LogP contribution in [-0.2, 0) is 4.74 Å². The Balaban J connectivity index is 2.05. The highest BCUT2D eigenvalue weighted by atomic mass is 16.5. The van der Waals surface area contributed by atoms with Gasteiger partial charge in [-0.3, -0.25) is 0 Å². The van der Waals surface area contributed by atoms with Gasteiger partial charge in [-0.2, -0.15) is 0 Å². The minimum Gasteiger partial charge on any atom is -0.464 e. The van der Waals surface area contributed by atoms with E-state index >= 15 is 0 Å². The van der Waals surface area contributed by atoms with Crippen LogP contribution in [-0.4, -0.2) is 49.0 Å². The Hall–Kier alpha value is -1.69. The average molecular weight is 292 g/mol. The summed E-state index contributed by atoms with van der Waals surface area (Å²) in [6.07, 6.45) is 4.70. The molecule has 0 spiro atoms. The molecule has 1 aromatic rings. The van der Waals surface area contributed by atoms with Crippen LogP contribution >= 0.6 is 0 Å². The third kappa shape index (κ3) is 4.39. The number of rotatable bonds is 7. The minimum absolute atomic E-state index is 0.246. The molecule has 0 radical (unpaired) electrons. The second-order valence-electron chi connectivity index (χ2n) is 5.36. The van der Waals surface area contributed by atoms with Crippen LogP contribution in [0.5, 0.6) is 0 Å². The molecule has 1 N–H and O–H groups in total. The molecule has 1 fully saturated rings. The maximum Gasteiger partial charge on any atom is 0.358 e. The first kappa shape index (κ1) is 15.7. The zero-order valence-corrected chi connectivity index (χ0v) is 12.8. The second-order valence-corrected chi connectivity index (χ2v) is 5.36. The van der Waals surface area contributed by atoms with E-state index in [1.165, 1.54) is 20.0 Å². The third-order valence-corrected chi connectivity index (χ3v) is 3.75. The molecule has 0 saturated carbocycles. The van der Waals surface area contributed by atoms with E-state index in [4.69, 9.17) is 0 Å². The van der Waals surface area contributed by atoms with E-state index in [2.05, 4.69) is 32.1 Å². The quantitative estimate of drug-likeness (QED) is 0.770. The van der Waals surface area contributed by atoms with Crippen LogP contribution in [0.2, 0.25) is 0 Å². The summed E-state index contributed by atoms with van der Waals surface area (Å²) in [5, 5.41) is 11.7. The van der Waals surface area contributed by atoms with E-state index in [1.54, 1.807) is 6.07 Å². The van der Waals surface area contributed by atoms with Gasteiger partial charge < -0.3 is 15.0 Å². The van der Waals surface area contributed by atoms with Crippen molar-refractivity contribution in [1.82, 2.24) is 15.5 Å². The molecule has 0 aliphatic carbocycles. The Labute approximate surface area is 125 Å². The highest BCUT2D eigenvalue weighted by Crippen LogP contribution is 2.15. The Bertz CT molecular complexity index is 443. The van der Waals surface area contributed by atoms with Gasteiger partial charge in [0.05, 0.1) is 7.11 Å². The Morgan fingerprint density at radius 3 is 2.90 bits per heavy atom. The van der Waals surface area contributed by atoms with E-state index in [0.29, 0.717) is 6.04 Å². The molecule has 2 rings (SSSR count). The molecule has 1 unspecified atom stereocenters. The summed E-state index contributed by atoms with van der Waals surface area (Å²) in [5.41, 5.74) is 0.246. The predicted octanol–water partition coefficient (Wildman–Crippen LogP) is 1.62. The summed E-state index contributed by atoms with van der Waals surface area (Å²) < 4.78 is 4.64. The van der Waals surface area contributed by atoms with Gasteiger partial charge in [0.1, 0.15) is 0 Å². The monoisotopic (exact) mass is 292 g/mol. The third-order valence-electron chi connectivity index (χ3n) is 3.75. The lowest BCUT2D eigenvalue weighted by Crippen LogP contribution is -2.38. The fourth-order valence-corrected chi connectivity index (χ4v) is 2.53. The van der Waals surface area contributed by atoms with Crippen LogP contribution in [0.4, 0.5) is 5.82 Å². The number of aromatic nitrogens is 2. The predicted molar refractivity (Wildman–Crippen MR) is 81.5 cm³/mol. The van der Waals surface area contributed by atoms with Gasteiger partial charge in [-0.25, -0.2) is 4.79 Å². The first-order valence-electron chi connectivity index (χ1n) is 7.65. The highest BCUT2D eigenvalue weighted by Gasteiger charge is 2.19. The van der Waals surface area contributed by atoms with Crippen molar-refractivity contribution in [1.29, 1.82) is 0 Å². The van der Waals surface area contributed by atoms with Gasteiger partial charge in [0.25, 0.3) is 0 Å². The van der Waals surface area contributed by atoms with Crippen LogP contribution in [0, 0.1) is 0 Å². The molecule has 6 nitrogen and oxygen atoms in total. The molecular weight excluding hydrogens is 268 g/mol. The van der Waals surface area contributed by atoms with E-state index in [9.17, 15) is 4.79 Å². The van der Waals surface area contributed by atoms with Crippen LogP contribution < -0.4 is 10.2 Å². The summed E-state index contributed by atoms with van der Waals surface area (Å²) in [6.45, 7) is 5.17. The molecular formula is C15H24N4O2. The Kier molecular flexibility index (Phi) is 5.92. The van der Waals surface area contributed by atoms with Gasteiger partial charge >= 0.3 is 5.97 Å². The van der Waals surface area contributed by atoms with Gasteiger partial charge in [-0.05, 0) is 37.9 Å². The maximum atomic E-state index is 11.4. The molecule has 1 aliphatic heterocycles. The molecule has 0 amide bonds. The van der Waals surface area contributed by atoms with E-state index < -0.39 is 5.97 Å². The number of nitrogens with one attached hydrogen (secondary N) is 1. The number of carbonyl (C=O) groups is 1. The molecule has 21 heavy (non-hydrogen) atoms. The normalized spacial score (nSPS) is 17.7. The van der Waals surface area contributed by atoms with Gasteiger partial charge in [0.15, 0.2) is 11.5 Å². The van der Waals surface area contributed by atoms with E-state index in [1.807, 2.05) is 6.07 Å². The number of esters is 1. The molecule has 1 aliphatic rings. The fourth-order valence-electron chi connectivity index (χ4n) is 2.53. The number of hydrogen-bond donors (Lipinski definition) is 1. The van der Waals surface area contributed by atoms with Gasteiger partial charge in [0.2, 0.25) is 0 Å². The molecule has 1 saturated heterocycles. The van der Waals surface area contributed by atoms with Crippen molar-refractivity contribution in [2.24, 2.45) is 0 Å². The number of unbranched alkanes of at least 4 members (excludes halogenated alkanes) is 1. The SMILES string of the molecule is CCCCN(CC1CCCN1)c1ccc(C(=O)OC)nn1. The number of anilines is 1. The number of carbonyl (C=O) groups excluding carboxylic acids is 1. The lowest BCUT2D eigenvalue weighted by Gasteiger charge is -2.26. The molecule has 1 atom stereocenters. The Morgan fingerprint density at radius 1 is 1.48 bits per heavy atom. The molecule has 0 bridgehead atoms. The molecule has 2 heterocycles. The number of hydrogen-bond acceptors (Lipinski definition) is 6. The topological polar surface area (TPSA) is 67.4 Å². The van der Waals surface area contributed by atoms with Gasteiger partial charge in [0, 0.05) is 19.1 Å². The van der Waals surface area contributed by atoms with Gasteiger partial charge in [-0.15, -0.1) is 10.2 Å². The van der Waals surface area contributed by atoms with Crippen molar-refractivity contribution < 1.29 is 9.53 Å². The summed E-state index contributed by atoms with van der Waals surface area (Å²) in [6, 6.07) is 4.04. The van der Waals surface area contributed by atoms with E-state index in [-0.39, 0.29) is 5.69 Å². The van der Waals surface area contributed by atoms with Crippen molar-refractivity contribution in [2.45, 2.75) is 38.6 Å². The molecule has 116 valence electrons. The van der Waals surface area contributed by atoms with Crippen molar-refractivity contribution in [3.8, 4) is 0 Å². The molecule has 0 aromatic carbocycles. The van der Waals surface area contributed by atoms with E-state index in [0.717, 1.165) is 38.3 Å². The van der Waals surface area contributed by atoms with Crippen LogP contribution in [0.1, 0.15) is 43.1 Å². The summed E-state index contributed by atoms with van der Waals surface area (Å²) in [4.78, 5) is 13.6. The van der Waals surface area contributed by atoms with Crippen molar-refractivity contribution in [3.63, 3.8) is 0 Å². The highest BCUT2D eigenvalue weighted by molar-refractivity contribution is 5.86. The summed E-state index contributed by atoms with van der Waals surface area (Å²) in [7, 11) is 1.34. The maximum absolute atomic E-state index is 11.4. The minimum atomic E-state index is -0.452. The number of nitrogens with zero attached hydrogens (tertiary/aromatic N) is 3. The second kappa shape index (κ2) is 7.93. The van der Waals surface area contributed by atoms with Crippen molar-refractivity contribution in [2.75, 3.05) is 31.6 Å². The van der Waals surface area contributed by atoms with Crippen molar-refractivity contribution in [3.05, 3.63) is 17.8 Å². The fraction of sp³-hybridized carbons (Fsp3) is 0.667. The van der Waals surface area contributed by atoms with Crippen LogP contribution in [0.3, 0.4) is 0 Å². The summed E-state index contributed by atoms with van der Waals surface area (Å²) in [5.74, 6) is 0.372. The largest absolute Gasteiger partial charge is 0.464 e.